The number of amides is 1. The van der Waals surface area contributed by atoms with E-state index in [1.807, 2.05) is 11.1 Å². The summed E-state index contributed by atoms with van der Waals surface area (Å²) >= 11 is 0. The molecule has 0 unspecified atom stereocenters. The fourth-order valence-electron chi connectivity index (χ4n) is 2.27. The van der Waals surface area contributed by atoms with Gasteiger partial charge in [-0.15, -0.1) is 5.10 Å². The first-order chi connectivity index (χ1) is 9.79. The summed E-state index contributed by atoms with van der Waals surface area (Å²) in [7, 11) is 1.67. The van der Waals surface area contributed by atoms with Gasteiger partial charge in [0.05, 0.1) is 18.5 Å². The third kappa shape index (κ3) is 4.57. The molecule has 20 heavy (non-hydrogen) atoms. The molecule has 1 aromatic rings. The van der Waals surface area contributed by atoms with Crippen molar-refractivity contribution in [2.24, 2.45) is 0 Å². The molecular formula is C13H23N5O2. The maximum absolute atomic E-state index is 12.1. The van der Waals surface area contributed by atoms with Crippen molar-refractivity contribution in [3.05, 3.63) is 11.9 Å². The van der Waals surface area contributed by atoms with Crippen molar-refractivity contribution in [2.75, 3.05) is 33.4 Å². The quantitative estimate of drug-likeness (QED) is 0.714. The van der Waals surface area contributed by atoms with Gasteiger partial charge in [-0.05, 0) is 19.3 Å². The summed E-state index contributed by atoms with van der Waals surface area (Å²) in [5, 5.41) is 11.2. The predicted octanol–water partition coefficient (Wildman–Crippen LogP) is 0.0266. The van der Waals surface area contributed by atoms with Gasteiger partial charge in [0, 0.05) is 33.3 Å². The molecule has 0 atom stereocenters. The van der Waals surface area contributed by atoms with E-state index in [1.54, 1.807) is 11.8 Å². The number of carbonyl (C=O) groups excluding carboxylic acids is 1. The van der Waals surface area contributed by atoms with Gasteiger partial charge in [0.2, 0.25) is 5.91 Å². The first-order valence-corrected chi connectivity index (χ1v) is 7.16. The van der Waals surface area contributed by atoms with E-state index in [0.29, 0.717) is 13.2 Å². The lowest BCUT2D eigenvalue weighted by Crippen LogP contribution is -2.37. The molecule has 1 saturated heterocycles. The molecule has 2 rings (SSSR count). The van der Waals surface area contributed by atoms with Crippen LogP contribution in [-0.2, 0) is 22.6 Å². The number of rotatable bonds is 7. The maximum Gasteiger partial charge on any atom is 0.244 e. The van der Waals surface area contributed by atoms with E-state index in [2.05, 4.69) is 15.6 Å². The van der Waals surface area contributed by atoms with Crippen molar-refractivity contribution in [1.29, 1.82) is 0 Å². The minimum absolute atomic E-state index is 0.133. The van der Waals surface area contributed by atoms with E-state index in [-0.39, 0.29) is 12.5 Å². The van der Waals surface area contributed by atoms with Gasteiger partial charge in [-0.25, -0.2) is 4.68 Å². The number of likely N-dealkylation sites (tertiary alicyclic amines) is 1. The Morgan fingerprint density at radius 1 is 1.40 bits per heavy atom. The Morgan fingerprint density at radius 2 is 2.20 bits per heavy atom. The summed E-state index contributed by atoms with van der Waals surface area (Å²) in [6.45, 7) is 4.11. The van der Waals surface area contributed by atoms with Gasteiger partial charge in [-0.2, -0.15) is 0 Å². The second-order valence-electron chi connectivity index (χ2n) is 5.02. The Kier molecular flexibility index (Phi) is 5.94. The Bertz CT molecular complexity index is 415. The van der Waals surface area contributed by atoms with Crippen molar-refractivity contribution < 1.29 is 9.53 Å². The van der Waals surface area contributed by atoms with Gasteiger partial charge < -0.3 is 15.0 Å². The van der Waals surface area contributed by atoms with Crippen molar-refractivity contribution >= 4 is 5.91 Å². The third-order valence-electron chi connectivity index (χ3n) is 3.38. The minimum atomic E-state index is 0.133. The zero-order chi connectivity index (χ0) is 14.2. The molecule has 0 saturated carbocycles. The van der Waals surface area contributed by atoms with Crippen molar-refractivity contribution in [3.63, 3.8) is 0 Å². The lowest BCUT2D eigenvalue weighted by Gasteiger charge is -2.26. The smallest absolute Gasteiger partial charge is 0.244 e. The fourth-order valence-corrected chi connectivity index (χ4v) is 2.27. The van der Waals surface area contributed by atoms with Crippen LogP contribution in [0.25, 0.3) is 0 Å². The zero-order valence-corrected chi connectivity index (χ0v) is 12.0. The lowest BCUT2D eigenvalue weighted by atomic mass is 10.1. The number of methoxy groups -OCH3 is 1. The first-order valence-electron chi connectivity index (χ1n) is 7.16. The van der Waals surface area contributed by atoms with Crippen LogP contribution in [0.3, 0.4) is 0 Å². The molecule has 1 N–H and O–H groups in total. The lowest BCUT2D eigenvalue weighted by molar-refractivity contribution is -0.132. The summed E-state index contributed by atoms with van der Waals surface area (Å²) in [5.41, 5.74) is 0.840. The summed E-state index contributed by atoms with van der Waals surface area (Å²) in [4.78, 5) is 14.0. The maximum atomic E-state index is 12.1. The molecule has 0 spiro atoms. The van der Waals surface area contributed by atoms with E-state index in [1.165, 1.54) is 6.42 Å². The predicted molar refractivity (Wildman–Crippen MR) is 74.0 cm³/mol. The van der Waals surface area contributed by atoms with E-state index < -0.39 is 0 Å². The molecule has 1 aromatic heterocycles. The third-order valence-corrected chi connectivity index (χ3v) is 3.38. The van der Waals surface area contributed by atoms with Gasteiger partial charge in [0.25, 0.3) is 0 Å². The molecule has 112 valence electrons. The van der Waals surface area contributed by atoms with E-state index in [0.717, 1.165) is 38.2 Å². The highest BCUT2D eigenvalue weighted by molar-refractivity contribution is 5.75. The molecule has 0 aromatic carbocycles. The Labute approximate surface area is 119 Å². The minimum Gasteiger partial charge on any atom is -0.383 e. The van der Waals surface area contributed by atoms with Crippen LogP contribution in [0.5, 0.6) is 0 Å². The highest BCUT2D eigenvalue weighted by Crippen LogP contribution is 2.09. The van der Waals surface area contributed by atoms with Gasteiger partial charge in [-0.1, -0.05) is 5.21 Å². The number of piperidine rings is 1. The van der Waals surface area contributed by atoms with Crippen molar-refractivity contribution in [1.82, 2.24) is 25.2 Å². The molecular weight excluding hydrogens is 258 g/mol. The van der Waals surface area contributed by atoms with Gasteiger partial charge in [-0.3, -0.25) is 4.79 Å². The van der Waals surface area contributed by atoms with Gasteiger partial charge in [0.15, 0.2) is 0 Å². The summed E-state index contributed by atoms with van der Waals surface area (Å²) in [6.07, 6.45) is 5.27. The summed E-state index contributed by atoms with van der Waals surface area (Å²) < 4.78 is 6.57. The molecule has 0 bridgehead atoms. The monoisotopic (exact) mass is 281 g/mol. The SMILES string of the molecule is COCCNCc1cn(CC(=O)N2CCCCC2)nn1. The molecule has 7 heteroatoms. The Hall–Kier alpha value is -1.47. The summed E-state index contributed by atoms with van der Waals surface area (Å²) in [5.74, 6) is 0.133. The first kappa shape index (κ1) is 14.9. The van der Waals surface area contributed by atoms with E-state index >= 15 is 0 Å². The number of ether oxygens (including phenoxy) is 1. The highest BCUT2D eigenvalue weighted by Gasteiger charge is 2.17. The zero-order valence-electron chi connectivity index (χ0n) is 12.0. The topological polar surface area (TPSA) is 72.3 Å². The summed E-state index contributed by atoms with van der Waals surface area (Å²) in [6, 6.07) is 0. The van der Waals surface area contributed by atoms with Gasteiger partial charge >= 0.3 is 0 Å². The molecule has 1 fully saturated rings. The van der Waals surface area contributed by atoms with Crippen LogP contribution in [0, 0.1) is 0 Å². The second-order valence-corrected chi connectivity index (χ2v) is 5.02. The number of nitrogens with one attached hydrogen (secondary N) is 1. The average Bonchev–Trinajstić information content (AvgIpc) is 2.92. The largest absolute Gasteiger partial charge is 0.383 e. The van der Waals surface area contributed by atoms with Crippen LogP contribution in [0.15, 0.2) is 6.20 Å². The molecule has 2 heterocycles. The standard InChI is InChI=1S/C13H23N5O2/c1-20-8-5-14-9-12-10-18(16-15-12)11-13(19)17-6-3-2-4-7-17/h10,14H,2-9,11H2,1H3. The molecule has 1 aliphatic rings. The Morgan fingerprint density at radius 3 is 2.95 bits per heavy atom. The molecule has 0 radical (unpaired) electrons. The fraction of sp³-hybridized carbons (Fsp3) is 0.769. The number of aromatic nitrogens is 3. The normalized spacial score (nSPS) is 15.6. The number of hydrogen-bond acceptors (Lipinski definition) is 5. The molecule has 1 amide bonds. The van der Waals surface area contributed by atoms with Crippen LogP contribution < -0.4 is 5.32 Å². The molecule has 1 aliphatic heterocycles. The van der Waals surface area contributed by atoms with Crippen LogP contribution in [0.4, 0.5) is 0 Å². The van der Waals surface area contributed by atoms with E-state index in [4.69, 9.17) is 4.74 Å². The highest BCUT2D eigenvalue weighted by atomic mass is 16.5. The molecule has 7 nitrogen and oxygen atoms in total. The van der Waals surface area contributed by atoms with Gasteiger partial charge in [0.1, 0.15) is 6.54 Å². The van der Waals surface area contributed by atoms with Crippen LogP contribution in [-0.4, -0.2) is 59.2 Å². The van der Waals surface area contributed by atoms with Crippen LogP contribution >= 0.6 is 0 Å². The van der Waals surface area contributed by atoms with Crippen LogP contribution in [0.1, 0.15) is 25.0 Å². The van der Waals surface area contributed by atoms with Crippen molar-refractivity contribution in [2.45, 2.75) is 32.4 Å². The Balaban J connectivity index is 1.75. The van der Waals surface area contributed by atoms with Crippen LogP contribution in [0.2, 0.25) is 0 Å². The molecule has 0 aliphatic carbocycles. The second kappa shape index (κ2) is 7.96. The van der Waals surface area contributed by atoms with E-state index in [9.17, 15) is 4.79 Å². The average molecular weight is 281 g/mol. The number of nitrogens with zero attached hydrogens (tertiary/aromatic N) is 4. The number of hydrogen-bond donors (Lipinski definition) is 1. The van der Waals surface area contributed by atoms with Crippen molar-refractivity contribution in [3.8, 4) is 0 Å². The number of carbonyl (C=O) groups is 1.